The van der Waals surface area contributed by atoms with Crippen LogP contribution in [0.15, 0.2) is 36.7 Å². The Hall–Kier alpha value is -2.64. The normalized spacial score (nSPS) is 10.3. The van der Waals surface area contributed by atoms with Crippen LogP contribution >= 0.6 is 11.6 Å². The largest absolute Gasteiger partial charge is 0.495 e. The maximum atomic E-state index is 12.5. The van der Waals surface area contributed by atoms with Gasteiger partial charge in [0, 0.05) is 37.7 Å². The maximum absolute atomic E-state index is 12.5. The number of methoxy groups -OCH3 is 2. The first-order chi connectivity index (χ1) is 12.5. The second-order valence-corrected chi connectivity index (χ2v) is 5.80. The topological polar surface area (TPSA) is 89.5 Å². The van der Waals surface area contributed by atoms with Crippen molar-refractivity contribution in [2.24, 2.45) is 0 Å². The molecule has 0 unspecified atom stereocenters. The molecule has 1 aromatic heterocycles. The van der Waals surface area contributed by atoms with E-state index >= 15 is 0 Å². The number of ether oxygens (including phenoxy) is 2. The van der Waals surface area contributed by atoms with Crippen molar-refractivity contribution in [1.82, 2.24) is 10.3 Å². The number of rotatable bonds is 8. The lowest BCUT2D eigenvalue weighted by atomic mass is 10.1. The van der Waals surface area contributed by atoms with Gasteiger partial charge in [-0.05, 0) is 30.7 Å². The summed E-state index contributed by atoms with van der Waals surface area (Å²) in [6.45, 7) is 1.03. The highest BCUT2D eigenvalue weighted by Crippen LogP contribution is 2.28. The summed E-state index contributed by atoms with van der Waals surface area (Å²) >= 11 is 5.96. The van der Waals surface area contributed by atoms with Crippen molar-refractivity contribution < 1.29 is 19.1 Å². The van der Waals surface area contributed by atoms with Crippen molar-refractivity contribution in [3.8, 4) is 5.75 Å². The van der Waals surface area contributed by atoms with E-state index in [-0.39, 0.29) is 11.5 Å². The lowest BCUT2D eigenvalue weighted by Crippen LogP contribution is -2.25. The summed E-state index contributed by atoms with van der Waals surface area (Å²) in [4.78, 5) is 28.6. The minimum absolute atomic E-state index is 0.247. The average molecular weight is 378 g/mol. The highest BCUT2D eigenvalue weighted by atomic mass is 35.5. The van der Waals surface area contributed by atoms with Gasteiger partial charge >= 0.3 is 0 Å². The molecule has 1 heterocycles. The highest BCUT2D eigenvalue weighted by molar-refractivity contribution is 6.31. The second kappa shape index (κ2) is 9.74. The zero-order valence-electron chi connectivity index (χ0n) is 14.5. The van der Waals surface area contributed by atoms with E-state index in [2.05, 4.69) is 15.6 Å². The molecule has 26 heavy (non-hydrogen) atoms. The third kappa shape index (κ3) is 5.44. The number of nitrogens with zero attached hydrogens (tertiary/aromatic N) is 1. The number of carbonyl (C=O) groups excluding carboxylic acids is 2. The molecule has 0 aliphatic heterocycles. The Balaban J connectivity index is 2.08. The van der Waals surface area contributed by atoms with Gasteiger partial charge in [-0.3, -0.25) is 14.6 Å². The van der Waals surface area contributed by atoms with Crippen LogP contribution in [0.2, 0.25) is 5.02 Å². The molecule has 2 aromatic rings. The Morgan fingerprint density at radius 2 is 1.85 bits per heavy atom. The number of pyridine rings is 1. The Kier molecular flexibility index (Phi) is 7.37. The van der Waals surface area contributed by atoms with E-state index in [1.807, 2.05) is 0 Å². The van der Waals surface area contributed by atoms with Crippen molar-refractivity contribution in [2.45, 2.75) is 6.42 Å². The molecular formula is C18H20ClN3O4. The summed E-state index contributed by atoms with van der Waals surface area (Å²) in [5.74, 6) is -0.251. The van der Waals surface area contributed by atoms with Crippen LogP contribution in [-0.2, 0) is 4.74 Å². The number of aromatic nitrogens is 1. The molecule has 7 nitrogen and oxygen atoms in total. The van der Waals surface area contributed by atoms with Crippen molar-refractivity contribution in [2.75, 3.05) is 32.7 Å². The van der Waals surface area contributed by atoms with Crippen molar-refractivity contribution in [3.63, 3.8) is 0 Å². The molecule has 0 aliphatic carbocycles. The standard InChI is InChI=1S/C18H20ClN3O4/c1-25-7-3-6-21-17(23)12-8-13(11-20-10-12)18(24)22-15-9-14(19)4-5-16(15)26-2/h4-5,8-11H,3,6-7H2,1-2H3,(H,21,23)(H,22,24). The van der Waals surface area contributed by atoms with Gasteiger partial charge < -0.3 is 20.1 Å². The van der Waals surface area contributed by atoms with Gasteiger partial charge in [0.25, 0.3) is 11.8 Å². The molecule has 0 aliphatic rings. The molecule has 0 atom stereocenters. The SMILES string of the molecule is COCCCNC(=O)c1cncc(C(=O)Nc2cc(Cl)ccc2OC)c1. The Morgan fingerprint density at radius 3 is 2.54 bits per heavy atom. The van der Waals surface area contributed by atoms with Crippen LogP contribution in [0.1, 0.15) is 27.1 Å². The van der Waals surface area contributed by atoms with Crippen molar-refractivity contribution in [1.29, 1.82) is 0 Å². The molecule has 0 bridgehead atoms. The monoisotopic (exact) mass is 377 g/mol. The van der Waals surface area contributed by atoms with Crippen LogP contribution in [0.25, 0.3) is 0 Å². The van der Waals surface area contributed by atoms with Gasteiger partial charge in [-0.2, -0.15) is 0 Å². The van der Waals surface area contributed by atoms with Gasteiger partial charge in [0.05, 0.1) is 23.9 Å². The molecular weight excluding hydrogens is 358 g/mol. The van der Waals surface area contributed by atoms with E-state index < -0.39 is 5.91 Å². The minimum Gasteiger partial charge on any atom is -0.495 e. The summed E-state index contributed by atoms with van der Waals surface area (Å²) in [6, 6.07) is 6.37. The predicted octanol–water partition coefficient (Wildman–Crippen LogP) is 2.76. The molecule has 138 valence electrons. The average Bonchev–Trinajstić information content (AvgIpc) is 2.65. The molecule has 0 spiro atoms. The first kappa shape index (κ1) is 19.7. The van der Waals surface area contributed by atoms with Gasteiger partial charge in [0.1, 0.15) is 5.75 Å². The van der Waals surface area contributed by atoms with Gasteiger partial charge in [0.15, 0.2) is 0 Å². The minimum atomic E-state index is -0.424. The molecule has 2 rings (SSSR count). The lowest BCUT2D eigenvalue weighted by Gasteiger charge is -2.11. The summed E-state index contributed by atoms with van der Waals surface area (Å²) in [7, 11) is 3.09. The first-order valence-corrected chi connectivity index (χ1v) is 8.30. The van der Waals surface area contributed by atoms with Crippen LogP contribution in [0.4, 0.5) is 5.69 Å². The molecule has 0 radical (unpaired) electrons. The van der Waals surface area contributed by atoms with E-state index in [1.165, 1.54) is 25.6 Å². The molecule has 2 amide bonds. The molecule has 0 saturated carbocycles. The van der Waals surface area contributed by atoms with Gasteiger partial charge in [-0.15, -0.1) is 0 Å². The lowest BCUT2D eigenvalue weighted by molar-refractivity contribution is 0.0948. The van der Waals surface area contributed by atoms with Gasteiger partial charge in [-0.1, -0.05) is 11.6 Å². The fourth-order valence-electron chi connectivity index (χ4n) is 2.18. The van der Waals surface area contributed by atoms with Crippen LogP contribution in [0, 0.1) is 0 Å². The fourth-order valence-corrected chi connectivity index (χ4v) is 2.35. The highest BCUT2D eigenvalue weighted by Gasteiger charge is 2.13. The summed E-state index contributed by atoms with van der Waals surface area (Å²) in [5.41, 5.74) is 0.976. The van der Waals surface area contributed by atoms with E-state index in [0.717, 1.165) is 0 Å². The molecule has 1 aromatic carbocycles. The molecule has 0 fully saturated rings. The molecule has 8 heteroatoms. The number of carbonyl (C=O) groups is 2. The Labute approximate surface area is 156 Å². The molecule has 2 N–H and O–H groups in total. The third-order valence-corrected chi connectivity index (χ3v) is 3.72. The zero-order valence-corrected chi connectivity index (χ0v) is 15.3. The summed E-state index contributed by atoms with van der Waals surface area (Å²) in [6.07, 6.45) is 3.49. The molecule has 0 saturated heterocycles. The van der Waals surface area contributed by atoms with Crippen LogP contribution in [0.5, 0.6) is 5.75 Å². The van der Waals surface area contributed by atoms with Gasteiger partial charge in [0.2, 0.25) is 0 Å². The Bertz CT molecular complexity index is 783. The quantitative estimate of drug-likeness (QED) is 0.690. The van der Waals surface area contributed by atoms with E-state index in [9.17, 15) is 9.59 Å². The Morgan fingerprint density at radius 1 is 1.12 bits per heavy atom. The number of amides is 2. The fraction of sp³-hybridized carbons (Fsp3) is 0.278. The summed E-state index contributed by atoms with van der Waals surface area (Å²) in [5, 5.41) is 5.92. The predicted molar refractivity (Wildman–Crippen MR) is 99.0 cm³/mol. The van der Waals surface area contributed by atoms with Gasteiger partial charge in [-0.25, -0.2) is 0 Å². The maximum Gasteiger partial charge on any atom is 0.257 e. The smallest absolute Gasteiger partial charge is 0.257 e. The number of hydrogen-bond donors (Lipinski definition) is 2. The van der Waals surface area contributed by atoms with Crippen LogP contribution in [-0.4, -0.2) is 44.2 Å². The number of anilines is 1. The van der Waals surface area contributed by atoms with Crippen LogP contribution in [0.3, 0.4) is 0 Å². The van der Waals surface area contributed by atoms with Crippen molar-refractivity contribution >= 4 is 29.1 Å². The third-order valence-electron chi connectivity index (χ3n) is 3.48. The van der Waals surface area contributed by atoms with E-state index in [1.54, 1.807) is 25.3 Å². The summed E-state index contributed by atoms with van der Waals surface area (Å²) < 4.78 is 10.1. The van der Waals surface area contributed by atoms with E-state index in [4.69, 9.17) is 21.1 Å². The number of benzene rings is 1. The second-order valence-electron chi connectivity index (χ2n) is 5.36. The van der Waals surface area contributed by atoms with E-state index in [0.29, 0.717) is 41.6 Å². The van der Waals surface area contributed by atoms with Crippen LogP contribution < -0.4 is 15.4 Å². The number of halogens is 1. The first-order valence-electron chi connectivity index (χ1n) is 7.92. The number of hydrogen-bond acceptors (Lipinski definition) is 5. The van der Waals surface area contributed by atoms with Crippen molar-refractivity contribution in [3.05, 3.63) is 52.8 Å². The number of nitrogens with one attached hydrogen (secondary N) is 2. The zero-order chi connectivity index (χ0) is 18.9.